The molecule has 2 heterocycles. The first-order valence-electron chi connectivity index (χ1n) is 4.74. The SMILES string of the molecule is N=C(c1ccoc1)N1CCCCC1. The molecular formula is C10H14N2O. The third-order valence-electron chi connectivity index (χ3n) is 2.47. The summed E-state index contributed by atoms with van der Waals surface area (Å²) in [6.07, 6.45) is 6.97. The van der Waals surface area contributed by atoms with Crippen LogP contribution in [0.4, 0.5) is 0 Å². The summed E-state index contributed by atoms with van der Waals surface area (Å²) < 4.78 is 4.96. The van der Waals surface area contributed by atoms with Gasteiger partial charge in [0, 0.05) is 13.1 Å². The van der Waals surface area contributed by atoms with E-state index in [9.17, 15) is 0 Å². The lowest BCUT2D eigenvalue weighted by Gasteiger charge is -2.28. The van der Waals surface area contributed by atoms with Crippen LogP contribution in [0.1, 0.15) is 24.8 Å². The van der Waals surface area contributed by atoms with Crippen LogP contribution < -0.4 is 0 Å². The van der Waals surface area contributed by atoms with Gasteiger partial charge in [-0.05, 0) is 25.3 Å². The Morgan fingerprint density at radius 2 is 2.08 bits per heavy atom. The number of hydrogen-bond acceptors (Lipinski definition) is 2. The van der Waals surface area contributed by atoms with Crippen LogP contribution in [-0.4, -0.2) is 23.8 Å². The average Bonchev–Trinajstić information content (AvgIpc) is 2.71. The summed E-state index contributed by atoms with van der Waals surface area (Å²) in [4.78, 5) is 2.12. The zero-order chi connectivity index (χ0) is 9.10. The third kappa shape index (κ3) is 1.74. The first-order valence-corrected chi connectivity index (χ1v) is 4.74. The lowest BCUT2D eigenvalue weighted by atomic mass is 10.1. The number of nitrogens with zero attached hydrogens (tertiary/aromatic N) is 1. The molecule has 1 N–H and O–H groups in total. The molecule has 0 atom stereocenters. The fraction of sp³-hybridized carbons (Fsp3) is 0.500. The van der Waals surface area contributed by atoms with Gasteiger partial charge in [-0.25, -0.2) is 0 Å². The second-order valence-electron chi connectivity index (χ2n) is 3.41. The van der Waals surface area contributed by atoms with Crippen molar-refractivity contribution in [2.24, 2.45) is 0 Å². The van der Waals surface area contributed by atoms with Gasteiger partial charge in [0.2, 0.25) is 0 Å². The molecule has 1 aliphatic rings. The molecular weight excluding hydrogens is 164 g/mol. The van der Waals surface area contributed by atoms with E-state index in [1.807, 2.05) is 6.07 Å². The van der Waals surface area contributed by atoms with Crippen molar-refractivity contribution in [2.45, 2.75) is 19.3 Å². The first-order chi connectivity index (χ1) is 6.38. The standard InChI is InChI=1S/C10H14N2O/c11-10(9-4-7-13-8-9)12-5-2-1-3-6-12/h4,7-8,11H,1-3,5-6H2. The summed E-state index contributed by atoms with van der Waals surface area (Å²) in [5.74, 6) is 0.605. The molecule has 1 aliphatic heterocycles. The molecule has 0 aliphatic carbocycles. The van der Waals surface area contributed by atoms with Gasteiger partial charge in [-0.2, -0.15) is 0 Å². The van der Waals surface area contributed by atoms with Gasteiger partial charge in [0.15, 0.2) is 0 Å². The maximum atomic E-state index is 7.91. The summed E-state index contributed by atoms with van der Waals surface area (Å²) in [5.41, 5.74) is 0.891. The van der Waals surface area contributed by atoms with Crippen molar-refractivity contribution in [3.63, 3.8) is 0 Å². The number of rotatable bonds is 1. The summed E-state index contributed by atoms with van der Waals surface area (Å²) in [5, 5.41) is 7.91. The summed E-state index contributed by atoms with van der Waals surface area (Å²) in [6, 6.07) is 1.84. The Morgan fingerprint density at radius 3 is 2.69 bits per heavy atom. The minimum atomic E-state index is 0.605. The van der Waals surface area contributed by atoms with E-state index in [0.717, 1.165) is 18.7 Å². The molecule has 0 saturated carbocycles. The molecule has 13 heavy (non-hydrogen) atoms. The molecule has 0 bridgehead atoms. The molecule has 0 radical (unpaired) electrons. The van der Waals surface area contributed by atoms with Crippen molar-refractivity contribution in [3.05, 3.63) is 24.2 Å². The average molecular weight is 178 g/mol. The zero-order valence-electron chi connectivity index (χ0n) is 7.62. The van der Waals surface area contributed by atoms with E-state index in [-0.39, 0.29) is 0 Å². The van der Waals surface area contributed by atoms with Crippen LogP contribution in [0.5, 0.6) is 0 Å². The Kier molecular flexibility index (Phi) is 2.34. The number of nitrogens with one attached hydrogen (secondary N) is 1. The van der Waals surface area contributed by atoms with Crippen LogP contribution in [0.3, 0.4) is 0 Å². The van der Waals surface area contributed by atoms with E-state index in [1.165, 1.54) is 19.3 Å². The van der Waals surface area contributed by atoms with Crippen LogP contribution in [0.2, 0.25) is 0 Å². The smallest absolute Gasteiger partial charge is 0.131 e. The number of amidine groups is 1. The summed E-state index contributed by atoms with van der Waals surface area (Å²) in [6.45, 7) is 2.04. The van der Waals surface area contributed by atoms with E-state index in [4.69, 9.17) is 9.83 Å². The molecule has 2 rings (SSSR count). The van der Waals surface area contributed by atoms with E-state index in [1.54, 1.807) is 12.5 Å². The minimum absolute atomic E-state index is 0.605. The normalized spacial score (nSPS) is 17.4. The zero-order valence-corrected chi connectivity index (χ0v) is 7.62. The third-order valence-corrected chi connectivity index (χ3v) is 2.47. The van der Waals surface area contributed by atoms with Gasteiger partial charge < -0.3 is 9.32 Å². The highest BCUT2D eigenvalue weighted by Crippen LogP contribution is 2.12. The van der Waals surface area contributed by atoms with Crippen molar-refractivity contribution >= 4 is 5.84 Å². The summed E-state index contributed by atoms with van der Waals surface area (Å²) >= 11 is 0. The number of furan rings is 1. The van der Waals surface area contributed by atoms with Crippen molar-refractivity contribution in [1.29, 1.82) is 5.41 Å². The maximum Gasteiger partial charge on any atom is 0.131 e. The molecule has 0 amide bonds. The number of piperidine rings is 1. The Hall–Kier alpha value is -1.25. The second-order valence-corrected chi connectivity index (χ2v) is 3.41. The van der Waals surface area contributed by atoms with Gasteiger partial charge in [-0.15, -0.1) is 0 Å². The predicted molar refractivity (Wildman–Crippen MR) is 51.0 cm³/mol. The molecule has 0 aromatic carbocycles. The highest BCUT2D eigenvalue weighted by Gasteiger charge is 2.15. The van der Waals surface area contributed by atoms with Gasteiger partial charge in [0.05, 0.1) is 11.8 Å². The molecule has 1 fully saturated rings. The van der Waals surface area contributed by atoms with E-state index in [0.29, 0.717) is 5.84 Å². The molecule has 70 valence electrons. The van der Waals surface area contributed by atoms with Crippen molar-refractivity contribution in [2.75, 3.05) is 13.1 Å². The highest BCUT2D eigenvalue weighted by molar-refractivity contribution is 5.95. The topological polar surface area (TPSA) is 40.2 Å². The van der Waals surface area contributed by atoms with Crippen molar-refractivity contribution < 1.29 is 4.42 Å². The molecule has 3 nitrogen and oxygen atoms in total. The molecule has 3 heteroatoms. The number of likely N-dealkylation sites (tertiary alicyclic amines) is 1. The molecule has 0 spiro atoms. The highest BCUT2D eigenvalue weighted by atomic mass is 16.3. The van der Waals surface area contributed by atoms with Crippen LogP contribution in [0.15, 0.2) is 23.0 Å². The Labute approximate surface area is 77.9 Å². The van der Waals surface area contributed by atoms with Gasteiger partial charge in [-0.3, -0.25) is 5.41 Å². The van der Waals surface area contributed by atoms with Gasteiger partial charge in [0.25, 0.3) is 0 Å². The molecule has 0 unspecified atom stereocenters. The molecule has 1 saturated heterocycles. The quantitative estimate of drug-likeness (QED) is 0.528. The van der Waals surface area contributed by atoms with Crippen LogP contribution in [0, 0.1) is 5.41 Å². The summed E-state index contributed by atoms with van der Waals surface area (Å²) in [7, 11) is 0. The Bertz CT molecular complexity index is 273. The predicted octanol–water partition coefficient (Wildman–Crippen LogP) is 2.09. The Morgan fingerprint density at radius 1 is 1.31 bits per heavy atom. The monoisotopic (exact) mass is 178 g/mol. The fourth-order valence-electron chi connectivity index (χ4n) is 1.70. The van der Waals surface area contributed by atoms with E-state index < -0.39 is 0 Å². The van der Waals surface area contributed by atoms with Crippen LogP contribution in [0.25, 0.3) is 0 Å². The maximum absolute atomic E-state index is 7.91. The largest absolute Gasteiger partial charge is 0.472 e. The van der Waals surface area contributed by atoms with Crippen LogP contribution >= 0.6 is 0 Å². The second kappa shape index (κ2) is 3.64. The lowest BCUT2D eigenvalue weighted by Crippen LogP contribution is -2.35. The van der Waals surface area contributed by atoms with Crippen LogP contribution in [-0.2, 0) is 0 Å². The van der Waals surface area contributed by atoms with Gasteiger partial charge in [-0.1, -0.05) is 0 Å². The number of hydrogen-bond donors (Lipinski definition) is 1. The fourth-order valence-corrected chi connectivity index (χ4v) is 1.70. The minimum Gasteiger partial charge on any atom is -0.472 e. The van der Waals surface area contributed by atoms with E-state index >= 15 is 0 Å². The lowest BCUT2D eigenvalue weighted by molar-refractivity contribution is 0.341. The first kappa shape index (κ1) is 8.35. The molecule has 1 aromatic rings. The van der Waals surface area contributed by atoms with Crippen molar-refractivity contribution in [1.82, 2.24) is 4.90 Å². The van der Waals surface area contributed by atoms with Gasteiger partial charge in [0.1, 0.15) is 12.1 Å². The van der Waals surface area contributed by atoms with Crippen molar-refractivity contribution in [3.8, 4) is 0 Å². The van der Waals surface area contributed by atoms with E-state index in [2.05, 4.69) is 4.90 Å². The van der Waals surface area contributed by atoms with Gasteiger partial charge >= 0.3 is 0 Å². The Balaban J connectivity index is 2.04. The molecule has 1 aromatic heterocycles.